The minimum Gasteiger partial charge on any atom is -0.381 e. The molecule has 0 bridgehead atoms. The van der Waals surface area contributed by atoms with Crippen LogP contribution in [-0.4, -0.2) is 23.6 Å². The zero-order chi connectivity index (χ0) is 16.0. The second-order valence-electron chi connectivity index (χ2n) is 5.33. The highest BCUT2D eigenvalue weighted by Crippen LogP contribution is 2.35. The molecule has 23 heavy (non-hydrogen) atoms. The first-order valence-electron chi connectivity index (χ1n) is 7.09. The third kappa shape index (κ3) is 2.17. The SMILES string of the molecule is O=C1[C@@H]2C(c3ccc(Br)cc3)=NO[C@@H]2C(=O)N1c1ccccc1. The maximum atomic E-state index is 12.8. The molecule has 0 N–H and O–H groups in total. The van der Waals surface area contributed by atoms with Gasteiger partial charge in [-0.25, -0.2) is 4.90 Å². The Kier molecular flexibility index (Phi) is 3.27. The van der Waals surface area contributed by atoms with Crippen LogP contribution in [0.3, 0.4) is 0 Å². The van der Waals surface area contributed by atoms with Crippen LogP contribution in [0.15, 0.2) is 64.2 Å². The minimum absolute atomic E-state index is 0.301. The molecule has 1 fully saturated rings. The van der Waals surface area contributed by atoms with Crippen LogP contribution >= 0.6 is 15.9 Å². The van der Waals surface area contributed by atoms with Gasteiger partial charge in [-0.2, -0.15) is 0 Å². The van der Waals surface area contributed by atoms with Crippen LogP contribution in [-0.2, 0) is 14.4 Å². The number of halogens is 1. The van der Waals surface area contributed by atoms with Gasteiger partial charge in [-0.05, 0) is 24.3 Å². The summed E-state index contributed by atoms with van der Waals surface area (Å²) in [6.45, 7) is 0. The molecule has 2 amide bonds. The Bertz CT molecular complexity index is 817. The molecule has 4 rings (SSSR count). The van der Waals surface area contributed by atoms with Gasteiger partial charge < -0.3 is 4.84 Å². The summed E-state index contributed by atoms with van der Waals surface area (Å²) in [7, 11) is 0. The van der Waals surface area contributed by atoms with Gasteiger partial charge >= 0.3 is 0 Å². The molecule has 0 saturated carbocycles. The van der Waals surface area contributed by atoms with Crippen molar-refractivity contribution >= 4 is 39.1 Å². The summed E-state index contributed by atoms with van der Waals surface area (Å²) in [6, 6.07) is 16.3. The minimum atomic E-state index is -0.874. The number of amides is 2. The van der Waals surface area contributed by atoms with Crippen LogP contribution in [0.1, 0.15) is 5.56 Å². The first-order valence-corrected chi connectivity index (χ1v) is 7.88. The Hall–Kier alpha value is -2.47. The van der Waals surface area contributed by atoms with Crippen LogP contribution in [0.2, 0.25) is 0 Å². The monoisotopic (exact) mass is 370 g/mol. The quantitative estimate of drug-likeness (QED) is 0.763. The second kappa shape index (κ2) is 5.31. The lowest BCUT2D eigenvalue weighted by Gasteiger charge is -2.15. The van der Waals surface area contributed by atoms with Crippen LogP contribution in [0.5, 0.6) is 0 Å². The molecule has 0 aromatic heterocycles. The van der Waals surface area contributed by atoms with Crippen molar-refractivity contribution in [2.24, 2.45) is 11.1 Å². The average Bonchev–Trinajstić information content (AvgIpc) is 3.10. The molecule has 2 aromatic rings. The summed E-state index contributed by atoms with van der Waals surface area (Å²) in [5.41, 5.74) is 1.83. The average molecular weight is 371 g/mol. The number of fused-ring (bicyclic) bond motifs is 1. The number of hydrogen-bond acceptors (Lipinski definition) is 4. The molecule has 2 heterocycles. The molecule has 1 saturated heterocycles. The number of rotatable bonds is 2. The molecular formula is C17H11BrN2O3. The largest absolute Gasteiger partial charge is 0.381 e. The lowest BCUT2D eigenvalue weighted by molar-refractivity contribution is -0.126. The predicted molar refractivity (Wildman–Crippen MR) is 88.0 cm³/mol. The molecule has 0 unspecified atom stereocenters. The highest BCUT2D eigenvalue weighted by molar-refractivity contribution is 9.10. The molecule has 6 heteroatoms. The van der Waals surface area contributed by atoms with E-state index in [4.69, 9.17) is 4.84 Å². The van der Waals surface area contributed by atoms with Crippen LogP contribution in [0.4, 0.5) is 5.69 Å². The van der Waals surface area contributed by atoms with Crippen molar-refractivity contribution in [3.63, 3.8) is 0 Å². The molecule has 0 radical (unpaired) electrons. The summed E-state index contributed by atoms with van der Waals surface area (Å²) in [5, 5.41) is 3.98. The highest BCUT2D eigenvalue weighted by atomic mass is 79.9. The first-order chi connectivity index (χ1) is 11.2. The first kappa shape index (κ1) is 14.1. The Morgan fingerprint density at radius 2 is 1.65 bits per heavy atom. The van der Waals surface area contributed by atoms with E-state index in [-0.39, 0.29) is 11.8 Å². The number of benzene rings is 2. The van der Waals surface area contributed by atoms with Gasteiger partial charge in [0.2, 0.25) is 12.0 Å². The molecular weight excluding hydrogens is 360 g/mol. The molecule has 2 aliphatic heterocycles. The lowest BCUT2D eigenvalue weighted by Crippen LogP contribution is -2.33. The smallest absolute Gasteiger partial charge is 0.278 e. The van der Waals surface area contributed by atoms with Crippen LogP contribution in [0, 0.1) is 5.92 Å². The van der Waals surface area contributed by atoms with Gasteiger partial charge in [-0.1, -0.05) is 51.4 Å². The second-order valence-corrected chi connectivity index (χ2v) is 6.25. The molecule has 0 aliphatic carbocycles. The van der Waals surface area contributed by atoms with Gasteiger partial charge in [0.05, 0.1) is 5.69 Å². The third-order valence-corrected chi connectivity index (χ3v) is 4.50. The molecule has 5 nitrogen and oxygen atoms in total. The summed E-state index contributed by atoms with van der Waals surface area (Å²) < 4.78 is 0.928. The number of para-hydroxylation sites is 1. The summed E-state index contributed by atoms with van der Waals surface area (Å²) in [6.07, 6.45) is -0.874. The van der Waals surface area contributed by atoms with Crippen molar-refractivity contribution in [3.05, 3.63) is 64.6 Å². The van der Waals surface area contributed by atoms with Gasteiger partial charge in [-0.15, -0.1) is 0 Å². The van der Waals surface area contributed by atoms with E-state index in [0.717, 1.165) is 10.0 Å². The standard InChI is InChI=1S/C17H11BrN2O3/c18-11-8-6-10(7-9-11)14-13-15(23-19-14)17(22)20(16(13)21)12-4-2-1-3-5-12/h1-9,13,15H/t13-,15+/m1/s1. The van der Waals surface area contributed by atoms with Crippen molar-refractivity contribution in [1.29, 1.82) is 0 Å². The number of carbonyl (C=O) groups is 2. The molecule has 114 valence electrons. The van der Waals surface area contributed by atoms with Crippen LogP contribution < -0.4 is 4.90 Å². The van der Waals surface area contributed by atoms with Gasteiger partial charge in [-0.3, -0.25) is 9.59 Å². The normalized spacial score (nSPS) is 22.8. The topological polar surface area (TPSA) is 59.0 Å². The Morgan fingerprint density at radius 1 is 0.957 bits per heavy atom. The zero-order valence-corrected chi connectivity index (χ0v) is 13.4. The fraction of sp³-hybridized carbons (Fsp3) is 0.118. The van der Waals surface area contributed by atoms with E-state index >= 15 is 0 Å². The van der Waals surface area contributed by atoms with Crippen molar-refractivity contribution in [2.75, 3.05) is 4.90 Å². The number of hydrogen-bond donors (Lipinski definition) is 0. The van der Waals surface area contributed by atoms with Gasteiger partial charge in [0, 0.05) is 10.0 Å². The Balaban J connectivity index is 1.71. The van der Waals surface area contributed by atoms with Gasteiger partial charge in [0.15, 0.2) is 0 Å². The van der Waals surface area contributed by atoms with Gasteiger partial charge in [0.1, 0.15) is 11.6 Å². The zero-order valence-electron chi connectivity index (χ0n) is 11.8. The molecule has 2 aliphatic rings. The number of nitrogens with zero attached hydrogens (tertiary/aromatic N) is 2. The van der Waals surface area contributed by atoms with Crippen molar-refractivity contribution < 1.29 is 14.4 Å². The van der Waals surface area contributed by atoms with E-state index in [9.17, 15) is 9.59 Å². The fourth-order valence-corrected chi connectivity index (χ4v) is 3.13. The number of anilines is 1. The molecule has 2 aromatic carbocycles. The summed E-state index contributed by atoms with van der Waals surface area (Å²) >= 11 is 3.37. The molecule has 0 spiro atoms. The van der Waals surface area contributed by atoms with Crippen LogP contribution in [0.25, 0.3) is 0 Å². The fourth-order valence-electron chi connectivity index (χ4n) is 2.87. The third-order valence-electron chi connectivity index (χ3n) is 3.97. The van der Waals surface area contributed by atoms with E-state index in [1.807, 2.05) is 30.3 Å². The maximum absolute atomic E-state index is 12.8. The van der Waals surface area contributed by atoms with Gasteiger partial charge in [0.25, 0.3) is 5.91 Å². The Labute approximate surface area is 140 Å². The summed E-state index contributed by atoms with van der Waals surface area (Å²) in [5.74, 6) is -1.36. The number of oxime groups is 1. The van der Waals surface area contributed by atoms with E-state index in [2.05, 4.69) is 21.1 Å². The van der Waals surface area contributed by atoms with E-state index in [0.29, 0.717) is 11.4 Å². The number of carbonyl (C=O) groups excluding carboxylic acids is 2. The van der Waals surface area contributed by atoms with E-state index in [1.165, 1.54) is 4.90 Å². The van der Waals surface area contributed by atoms with Crippen molar-refractivity contribution in [2.45, 2.75) is 6.10 Å². The van der Waals surface area contributed by atoms with E-state index < -0.39 is 12.0 Å². The maximum Gasteiger partial charge on any atom is 0.278 e. The highest BCUT2D eigenvalue weighted by Gasteiger charge is 2.56. The summed E-state index contributed by atoms with van der Waals surface area (Å²) in [4.78, 5) is 31.8. The van der Waals surface area contributed by atoms with Crippen molar-refractivity contribution in [3.8, 4) is 0 Å². The number of imide groups is 1. The van der Waals surface area contributed by atoms with E-state index in [1.54, 1.807) is 24.3 Å². The van der Waals surface area contributed by atoms with Crippen molar-refractivity contribution in [1.82, 2.24) is 0 Å². The lowest BCUT2D eigenvalue weighted by atomic mass is 9.94. The molecule has 2 atom stereocenters. The predicted octanol–water partition coefficient (Wildman–Crippen LogP) is 2.74. The Morgan fingerprint density at radius 3 is 2.35 bits per heavy atom.